The first-order valence-electron chi connectivity index (χ1n) is 8.28. The third-order valence-corrected chi connectivity index (χ3v) is 7.21. The molecule has 7 nitrogen and oxygen atoms in total. The molecule has 0 spiro atoms. The Hall–Kier alpha value is -2.49. The third-order valence-electron chi connectivity index (χ3n) is 4.27. The van der Waals surface area contributed by atoms with Gasteiger partial charge in [-0.25, -0.2) is 17.7 Å². The maximum Gasteiger partial charge on any atom is 0.258 e. The standard InChI is InChI=1S/C18H14ClN3O4S2/c1-10-2-5-14-15(8-10)27-18(20-14)21-17(24)12-4-3-11(9-13(12)19)22-16(23)6-7-28(22,25)26/h2-5,8-9H,6-7H2,1H3,(H,20,21,24). The number of hydrogen-bond acceptors (Lipinski definition) is 6. The molecular weight excluding hydrogens is 422 g/mol. The zero-order valence-electron chi connectivity index (χ0n) is 14.6. The number of amides is 2. The molecule has 28 heavy (non-hydrogen) atoms. The zero-order chi connectivity index (χ0) is 20.1. The number of halogens is 1. The van der Waals surface area contributed by atoms with E-state index in [9.17, 15) is 18.0 Å². The minimum Gasteiger partial charge on any atom is -0.298 e. The van der Waals surface area contributed by atoms with Gasteiger partial charge in [-0.05, 0) is 42.8 Å². The Morgan fingerprint density at radius 2 is 2.04 bits per heavy atom. The summed E-state index contributed by atoms with van der Waals surface area (Å²) in [6.45, 7) is 1.98. The quantitative estimate of drug-likeness (QED) is 0.678. The van der Waals surface area contributed by atoms with E-state index in [4.69, 9.17) is 11.6 Å². The van der Waals surface area contributed by atoms with Crippen molar-refractivity contribution in [2.24, 2.45) is 0 Å². The molecule has 3 aromatic rings. The van der Waals surface area contributed by atoms with Gasteiger partial charge in [0, 0.05) is 6.42 Å². The highest BCUT2D eigenvalue weighted by molar-refractivity contribution is 7.94. The number of carbonyl (C=O) groups excluding carboxylic acids is 2. The van der Waals surface area contributed by atoms with E-state index in [2.05, 4.69) is 10.3 Å². The van der Waals surface area contributed by atoms with E-state index < -0.39 is 21.8 Å². The molecule has 0 radical (unpaired) electrons. The molecular formula is C18H14ClN3O4S2. The van der Waals surface area contributed by atoms with Gasteiger partial charge in [-0.3, -0.25) is 14.9 Å². The fraction of sp³-hybridized carbons (Fsp3) is 0.167. The topological polar surface area (TPSA) is 96.4 Å². The molecule has 1 saturated heterocycles. The van der Waals surface area contributed by atoms with E-state index in [1.54, 1.807) is 0 Å². The number of nitrogens with zero attached hydrogens (tertiary/aromatic N) is 2. The molecule has 1 aliphatic rings. The monoisotopic (exact) mass is 435 g/mol. The number of nitrogens with one attached hydrogen (secondary N) is 1. The van der Waals surface area contributed by atoms with Crippen LogP contribution in [0.1, 0.15) is 22.3 Å². The summed E-state index contributed by atoms with van der Waals surface area (Å²) in [5, 5.41) is 3.18. The highest BCUT2D eigenvalue weighted by Crippen LogP contribution is 2.31. The second-order valence-corrected chi connectivity index (χ2v) is 9.71. The van der Waals surface area contributed by atoms with Crippen molar-refractivity contribution in [3.63, 3.8) is 0 Å². The number of anilines is 2. The second kappa shape index (κ2) is 6.84. The molecule has 0 bridgehead atoms. The van der Waals surface area contributed by atoms with Gasteiger partial charge in [0.25, 0.3) is 5.91 Å². The summed E-state index contributed by atoms with van der Waals surface area (Å²) in [4.78, 5) is 28.8. The number of aryl methyl sites for hydroxylation is 1. The van der Waals surface area contributed by atoms with Crippen molar-refractivity contribution in [1.29, 1.82) is 0 Å². The molecule has 0 saturated carbocycles. The van der Waals surface area contributed by atoms with Crippen molar-refractivity contribution < 1.29 is 18.0 Å². The molecule has 1 aromatic heterocycles. The van der Waals surface area contributed by atoms with Crippen LogP contribution in [0.2, 0.25) is 5.02 Å². The summed E-state index contributed by atoms with van der Waals surface area (Å²) in [5.74, 6) is -1.22. The summed E-state index contributed by atoms with van der Waals surface area (Å²) >= 11 is 7.54. The van der Waals surface area contributed by atoms with Crippen LogP contribution in [0, 0.1) is 6.92 Å². The summed E-state index contributed by atoms with van der Waals surface area (Å²) in [7, 11) is -3.69. The van der Waals surface area contributed by atoms with E-state index >= 15 is 0 Å². The van der Waals surface area contributed by atoms with Gasteiger partial charge in [0.15, 0.2) is 5.13 Å². The van der Waals surface area contributed by atoms with Crippen molar-refractivity contribution in [2.75, 3.05) is 15.4 Å². The first-order valence-corrected chi connectivity index (χ1v) is 11.1. The Kier molecular flexibility index (Phi) is 4.60. The summed E-state index contributed by atoms with van der Waals surface area (Å²) in [5.41, 5.74) is 2.16. The molecule has 0 aliphatic carbocycles. The SMILES string of the molecule is Cc1ccc2nc(NC(=O)c3ccc(N4C(=O)CCS4(=O)=O)cc3Cl)sc2c1. The smallest absolute Gasteiger partial charge is 0.258 e. The van der Waals surface area contributed by atoms with Gasteiger partial charge in [-0.2, -0.15) is 0 Å². The molecule has 144 valence electrons. The highest BCUT2D eigenvalue weighted by Gasteiger charge is 2.36. The van der Waals surface area contributed by atoms with Gasteiger partial charge in [0.2, 0.25) is 15.9 Å². The number of hydrogen-bond donors (Lipinski definition) is 1. The molecule has 2 heterocycles. The minimum absolute atomic E-state index is 0.0434. The second-order valence-electron chi connectivity index (χ2n) is 6.33. The van der Waals surface area contributed by atoms with Gasteiger partial charge in [0.1, 0.15) is 0 Å². The summed E-state index contributed by atoms with van der Waals surface area (Å²) in [6, 6.07) is 9.90. The maximum atomic E-state index is 12.6. The highest BCUT2D eigenvalue weighted by atomic mass is 35.5. The maximum absolute atomic E-state index is 12.6. The van der Waals surface area contributed by atoms with E-state index in [0.29, 0.717) is 5.13 Å². The number of rotatable bonds is 3. The van der Waals surface area contributed by atoms with Crippen LogP contribution in [0.3, 0.4) is 0 Å². The predicted molar refractivity (Wildman–Crippen MR) is 110 cm³/mol. The Balaban J connectivity index is 1.60. The minimum atomic E-state index is -3.69. The molecule has 0 atom stereocenters. The number of aromatic nitrogens is 1. The predicted octanol–water partition coefficient (Wildman–Crippen LogP) is 3.58. The molecule has 4 rings (SSSR count). The molecule has 1 fully saturated rings. The van der Waals surface area contributed by atoms with E-state index in [0.717, 1.165) is 20.1 Å². The summed E-state index contributed by atoms with van der Waals surface area (Å²) in [6.07, 6.45) is -0.0702. The normalized spacial score (nSPS) is 15.9. The Bertz CT molecular complexity index is 1240. The van der Waals surface area contributed by atoms with Crippen molar-refractivity contribution in [3.8, 4) is 0 Å². The molecule has 10 heteroatoms. The lowest BCUT2D eigenvalue weighted by molar-refractivity contribution is -0.116. The average molecular weight is 436 g/mol. The van der Waals surface area contributed by atoms with Gasteiger partial charge in [-0.15, -0.1) is 0 Å². The summed E-state index contributed by atoms with van der Waals surface area (Å²) < 4.78 is 25.7. The van der Waals surface area contributed by atoms with Crippen molar-refractivity contribution >= 4 is 65.8 Å². The van der Waals surface area contributed by atoms with Crippen molar-refractivity contribution in [2.45, 2.75) is 13.3 Å². The fourth-order valence-corrected chi connectivity index (χ4v) is 5.60. The number of benzene rings is 2. The molecule has 1 aliphatic heterocycles. The lowest BCUT2D eigenvalue weighted by Gasteiger charge is -2.16. The van der Waals surface area contributed by atoms with Gasteiger partial charge in [0.05, 0.1) is 32.2 Å². The lowest BCUT2D eigenvalue weighted by atomic mass is 10.2. The number of fused-ring (bicyclic) bond motifs is 1. The lowest BCUT2D eigenvalue weighted by Crippen LogP contribution is -2.29. The molecule has 2 amide bonds. The van der Waals surface area contributed by atoms with Crippen LogP contribution < -0.4 is 9.62 Å². The average Bonchev–Trinajstić information content (AvgIpc) is 3.13. The number of sulfonamides is 1. The Morgan fingerprint density at radius 1 is 1.25 bits per heavy atom. The van der Waals surface area contributed by atoms with Crippen LogP contribution in [0.4, 0.5) is 10.8 Å². The van der Waals surface area contributed by atoms with E-state index in [1.807, 2.05) is 25.1 Å². The van der Waals surface area contributed by atoms with Gasteiger partial charge >= 0.3 is 0 Å². The van der Waals surface area contributed by atoms with Crippen LogP contribution in [0.25, 0.3) is 10.2 Å². The van der Waals surface area contributed by atoms with Crippen molar-refractivity contribution in [3.05, 3.63) is 52.5 Å². The zero-order valence-corrected chi connectivity index (χ0v) is 17.0. The largest absolute Gasteiger partial charge is 0.298 e. The number of thiazole rings is 1. The molecule has 2 aromatic carbocycles. The fourth-order valence-electron chi connectivity index (χ4n) is 2.93. The first kappa shape index (κ1) is 18.9. The number of carbonyl (C=O) groups is 2. The molecule has 0 unspecified atom stereocenters. The van der Waals surface area contributed by atoms with Crippen molar-refractivity contribution in [1.82, 2.24) is 4.98 Å². The first-order chi connectivity index (χ1) is 13.2. The molecule has 1 N–H and O–H groups in total. The Labute approximate surface area is 170 Å². The third kappa shape index (κ3) is 3.36. The van der Waals surface area contributed by atoms with Crippen LogP contribution in [-0.2, 0) is 14.8 Å². The van der Waals surface area contributed by atoms with Crippen LogP contribution in [0.5, 0.6) is 0 Å². The van der Waals surface area contributed by atoms with Crippen LogP contribution in [-0.4, -0.2) is 31.0 Å². The Morgan fingerprint density at radius 3 is 2.71 bits per heavy atom. The van der Waals surface area contributed by atoms with E-state index in [-0.39, 0.29) is 28.4 Å². The van der Waals surface area contributed by atoms with E-state index in [1.165, 1.54) is 29.5 Å². The van der Waals surface area contributed by atoms with Gasteiger partial charge < -0.3 is 0 Å². The van der Waals surface area contributed by atoms with Crippen LogP contribution in [0.15, 0.2) is 36.4 Å². The van der Waals surface area contributed by atoms with Gasteiger partial charge in [-0.1, -0.05) is 29.0 Å². The van der Waals surface area contributed by atoms with Crippen LogP contribution >= 0.6 is 22.9 Å².